The highest BCUT2D eigenvalue weighted by Crippen LogP contribution is 2.23. The van der Waals surface area contributed by atoms with E-state index < -0.39 is 0 Å². The second kappa shape index (κ2) is 6.06. The molecule has 104 valence electrons. The van der Waals surface area contributed by atoms with Gasteiger partial charge in [-0.2, -0.15) is 0 Å². The lowest BCUT2D eigenvalue weighted by molar-refractivity contribution is -0.132. The summed E-state index contributed by atoms with van der Waals surface area (Å²) in [5, 5.41) is 3.29. The first-order chi connectivity index (χ1) is 9.13. The van der Waals surface area contributed by atoms with Gasteiger partial charge in [0.15, 0.2) is 0 Å². The van der Waals surface area contributed by atoms with Gasteiger partial charge in [0.2, 0.25) is 5.91 Å². The molecule has 1 aromatic carbocycles. The van der Waals surface area contributed by atoms with E-state index in [0.29, 0.717) is 6.04 Å². The number of hydrogen-bond donors (Lipinski definition) is 1. The summed E-state index contributed by atoms with van der Waals surface area (Å²) in [5.74, 6) is 0.824. The number of carbonyl (C=O) groups is 1. The highest BCUT2D eigenvalue weighted by Gasteiger charge is 2.27. The lowest BCUT2D eigenvalue weighted by Crippen LogP contribution is -2.40. The van der Waals surface area contributed by atoms with Gasteiger partial charge in [-0.3, -0.25) is 4.79 Å². The van der Waals surface area contributed by atoms with Crippen molar-refractivity contribution in [3.63, 3.8) is 0 Å². The fourth-order valence-electron chi connectivity index (χ4n) is 2.51. The van der Waals surface area contributed by atoms with Crippen LogP contribution in [-0.2, 0) is 4.79 Å². The first-order valence-electron chi connectivity index (χ1n) is 6.75. The summed E-state index contributed by atoms with van der Waals surface area (Å²) in [6.45, 7) is 3.85. The zero-order valence-electron chi connectivity index (χ0n) is 11.8. The van der Waals surface area contributed by atoms with Crippen molar-refractivity contribution in [1.82, 2.24) is 10.2 Å². The monoisotopic (exact) mass is 262 g/mol. The fourth-order valence-corrected chi connectivity index (χ4v) is 2.51. The molecule has 1 aliphatic heterocycles. The maximum atomic E-state index is 12.5. The van der Waals surface area contributed by atoms with Gasteiger partial charge in [-0.15, -0.1) is 0 Å². The second-order valence-corrected chi connectivity index (χ2v) is 5.09. The average molecular weight is 262 g/mol. The van der Waals surface area contributed by atoms with Crippen LogP contribution in [0.4, 0.5) is 0 Å². The molecule has 1 saturated heterocycles. The van der Waals surface area contributed by atoms with Gasteiger partial charge in [0.05, 0.1) is 13.0 Å². The predicted molar refractivity (Wildman–Crippen MR) is 75.5 cm³/mol. The Morgan fingerprint density at radius 3 is 2.95 bits per heavy atom. The molecule has 1 aromatic rings. The standard InChI is InChI=1S/C15H22N2O2/c1-11(12-5-4-6-14(9-12)19-3)15(18)17(2)13-7-8-16-10-13/h4-6,9,11,13,16H,7-8,10H2,1-3H3. The van der Waals surface area contributed by atoms with E-state index in [1.807, 2.05) is 43.1 Å². The van der Waals surface area contributed by atoms with Gasteiger partial charge in [0.25, 0.3) is 0 Å². The number of ether oxygens (including phenoxy) is 1. The zero-order valence-corrected chi connectivity index (χ0v) is 11.8. The Morgan fingerprint density at radius 2 is 2.32 bits per heavy atom. The zero-order chi connectivity index (χ0) is 13.8. The Hall–Kier alpha value is -1.55. The third-order valence-corrected chi connectivity index (χ3v) is 3.89. The topological polar surface area (TPSA) is 41.6 Å². The minimum Gasteiger partial charge on any atom is -0.497 e. The molecule has 2 rings (SSSR count). The average Bonchev–Trinajstić information content (AvgIpc) is 2.99. The van der Waals surface area contributed by atoms with Crippen LogP contribution in [0.3, 0.4) is 0 Å². The van der Waals surface area contributed by atoms with Crippen LogP contribution in [0, 0.1) is 0 Å². The minimum absolute atomic E-state index is 0.138. The fraction of sp³-hybridized carbons (Fsp3) is 0.533. The van der Waals surface area contributed by atoms with Crippen molar-refractivity contribution in [2.75, 3.05) is 27.2 Å². The molecular formula is C15H22N2O2. The highest BCUT2D eigenvalue weighted by molar-refractivity contribution is 5.83. The summed E-state index contributed by atoms with van der Waals surface area (Å²) >= 11 is 0. The molecule has 0 aromatic heterocycles. The molecule has 1 fully saturated rings. The molecule has 1 heterocycles. The number of methoxy groups -OCH3 is 1. The van der Waals surface area contributed by atoms with E-state index in [0.717, 1.165) is 30.8 Å². The van der Waals surface area contributed by atoms with Crippen LogP contribution >= 0.6 is 0 Å². The number of amides is 1. The Balaban J connectivity index is 2.08. The quantitative estimate of drug-likeness (QED) is 0.896. The third-order valence-electron chi connectivity index (χ3n) is 3.89. The van der Waals surface area contributed by atoms with Crippen LogP contribution in [0.5, 0.6) is 5.75 Å². The summed E-state index contributed by atoms with van der Waals surface area (Å²) < 4.78 is 5.21. The van der Waals surface area contributed by atoms with E-state index in [1.165, 1.54) is 0 Å². The molecule has 0 spiro atoms. The SMILES string of the molecule is COc1cccc(C(C)C(=O)N(C)C2CCNC2)c1. The predicted octanol–water partition coefficient (Wildman–Crippen LogP) is 1.62. The van der Waals surface area contributed by atoms with Crippen molar-refractivity contribution >= 4 is 5.91 Å². The molecule has 0 saturated carbocycles. The van der Waals surface area contributed by atoms with Gasteiger partial charge in [-0.25, -0.2) is 0 Å². The third kappa shape index (κ3) is 3.07. The molecule has 1 N–H and O–H groups in total. The van der Waals surface area contributed by atoms with E-state index in [2.05, 4.69) is 5.32 Å². The molecule has 0 radical (unpaired) electrons. The Morgan fingerprint density at radius 1 is 1.53 bits per heavy atom. The lowest BCUT2D eigenvalue weighted by Gasteiger charge is -2.27. The van der Waals surface area contributed by atoms with Gasteiger partial charge < -0.3 is 15.0 Å². The second-order valence-electron chi connectivity index (χ2n) is 5.09. The van der Waals surface area contributed by atoms with Crippen LogP contribution in [0.1, 0.15) is 24.8 Å². The van der Waals surface area contributed by atoms with E-state index in [1.54, 1.807) is 7.11 Å². The molecule has 1 aliphatic rings. The number of rotatable bonds is 4. The smallest absolute Gasteiger partial charge is 0.229 e. The van der Waals surface area contributed by atoms with E-state index in [9.17, 15) is 4.79 Å². The van der Waals surface area contributed by atoms with E-state index in [4.69, 9.17) is 4.74 Å². The minimum atomic E-state index is -0.138. The number of hydrogen-bond acceptors (Lipinski definition) is 3. The summed E-state index contributed by atoms with van der Waals surface area (Å²) in [7, 11) is 3.54. The molecular weight excluding hydrogens is 240 g/mol. The van der Waals surface area contributed by atoms with Crippen LogP contribution in [0.25, 0.3) is 0 Å². The molecule has 0 aliphatic carbocycles. The first kappa shape index (κ1) is 13.9. The van der Waals surface area contributed by atoms with Crippen molar-refractivity contribution in [2.45, 2.75) is 25.3 Å². The van der Waals surface area contributed by atoms with Gasteiger partial charge in [0, 0.05) is 19.6 Å². The molecule has 2 atom stereocenters. The van der Waals surface area contributed by atoms with Crippen molar-refractivity contribution in [3.8, 4) is 5.75 Å². The molecule has 4 nitrogen and oxygen atoms in total. The van der Waals surface area contributed by atoms with Crippen LogP contribution in [0.2, 0.25) is 0 Å². The largest absolute Gasteiger partial charge is 0.497 e. The van der Waals surface area contributed by atoms with Crippen LogP contribution in [-0.4, -0.2) is 44.1 Å². The maximum absolute atomic E-state index is 12.5. The van der Waals surface area contributed by atoms with Crippen molar-refractivity contribution in [2.24, 2.45) is 0 Å². The van der Waals surface area contributed by atoms with Gasteiger partial charge >= 0.3 is 0 Å². The van der Waals surface area contributed by atoms with Crippen LogP contribution < -0.4 is 10.1 Å². The number of carbonyl (C=O) groups excluding carboxylic acids is 1. The van der Waals surface area contributed by atoms with Gasteiger partial charge in [0.1, 0.15) is 5.75 Å². The number of likely N-dealkylation sites (N-methyl/N-ethyl adjacent to an activating group) is 1. The van der Waals surface area contributed by atoms with Gasteiger partial charge in [-0.1, -0.05) is 12.1 Å². The summed E-state index contributed by atoms with van der Waals surface area (Å²) in [5.41, 5.74) is 1.00. The van der Waals surface area contributed by atoms with Gasteiger partial charge in [-0.05, 0) is 37.6 Å². The Labute approximate surface area is 114 Å². The molecule has 2 unspecified atom stereocenters. The van der Waals surface area contributed by atoms with E-state index in [-0.39, 0.29) is 11.8 Å². The molecule has 4 heteroatoms. The number of nitrogens with one attached hydrogen (secondary N) is 1. The van der Waals surface area contributed by atoms with Crippen molar-refractivity contribution in [3.05, 3.63) is 29.8 Å². The number of nitrogens with zero attached hydrogens (tertiary/aromatic N) is 1. The van der Waals surface area contributed by atoms with E-state index >= 15 is 0 Å². The molecule has 19 heavy (non-hydrogen) atoms. The number of benzene rings is 1. The molecule has 0 bridgehead atoms. The maximum Gasteiger partial charge on any atom is 0.229 e. The van der Waals surface area contributed by atoms with Crippen LogP contribution in [0.15, 0.2) is 24.3 Å². The first-order valence-corrected chi connectivity index (χ1v) is 6.75. The summed E-state index contributed by atoms with van der Waals surface area (Å²) in [6.07, 6.45) is 1.03. The molecule has 1 amide bonds. The Bertz CT molecular complexity index is 442. The Kier molecular flexibility index (Phi) is 4.43. The summed E-state index contributed by atoms with van der Waals surface area (Å²) in [6, 6.07) is 8.05. The lowest BCUT2D eigenvalue weighted by atomic mass is 9.99. The van der Waals surface area contributed by atoms with Crippen molar-refractivity contribution in [1.29, 1.82) is 0 Å². The highest BCUT2D eigenvalue weighted by atomic mass is 16.5. The summed E-state index contributed by atoms with van der Waals surface area (Å²) in [4.78, 5) is 14.4. The van der Waals surface area contributed by atoms with Crippen molar-refractivity contribution < 1.29 is 9.53 Å². The normalized spacial score (nSPS) is 20.1.